The number of nitrogens with one attached hydrogen (secondary N) is 1. The molecule has 5 nitrogen and oxygen atoms in total. The average Bonchev–Trinajstić information content (AvgIpc) is 2.72. The summed E-state index contributed by atoms with van der Waals surface area (Å²) in [5, 5.41) is 3.61. The van der Waals surface area contributed by atoms with Gasteiger partial charge in [0.1, 0.15) is 0 Å². The fourth-order valence-corrected chi connectivity index (χ4v) is 3.37. The lowest BCUT2D eigenvalue weighted by Crippen LogP contribution is -2.42. The Balaban J connectivity index is 1.64. The van der Waals surface area contributed by atoms with Crippen LogP contribution in [0.1, 0.15) is 17.2 Å². The third kappa shape index (κ3) is 4.75. The molecule has 2 aromatic rings. The summed E-state index contributed by atoms with van der Waals surface area (Å²) in [5.41, 5.74) is 2.52. The first-order valence-electron chi connectivity index (χ1n) is 9.10. The topological polar surface area (TPSA) is 43.0 Å². The summed E-state index contributed by atoms with van der Waals surface area (Å²) in [6.07, 6.45) is 0. The number of morpholine rings is 1. The van der Waals surface area contributed by atoms with Gasteiger partial charge in [0.05, 0.1) is 27.4 Å². The van der Waals surface area contributed by atoms with Gasteiger partial charge in [0.2, 0.25) is 0 Å². The van der Waals surface area contributed by atoms with Crippen LogP contribution in [-0.4, -0.2) is 52.0 Å². The highest BCUT2D eigenvalue weighted by Gasteiger charge is 2.22. The molecule has 1 unspecified atom stereocenters. The minimum absolute atomic E-state index is 0.347. The highest BCUT2D eigenvalue weighted by atomic mass is 16.5. The summed E-state index contributed by atoms with van der Waals surface area (Å²) >= 11 is 0. The second-order valence-corrected chi connectivity index (χ2v) is 6.40. The Labute approximate surface area is 155 Å². The Hall–Kier alpha value is -2.08. The minimum atomic E-state index is 0.347. The maximum Gasteiger partial charge on any atom is 0.161 e. The number of benzene rings is 2. The van der Waals surface area contributed by atoms with Crippen molar-refractivity contribution >= 4 is 0 Å². The molecule has 3 rings (SSSR count). The van der Waals surface area contributed by atoms with E-state index in [2.05, 4.69) is 46.6 Å². The molecule has 0 spiro atoms. The van der Waals surface area contributed by atoms with E-state index in [1.807, 2.05) is 12.1 Å². The van der Waals surface area contributed by atoms with Gasteiger partial charge in [-0.1, -0.05) is 36.4 Å². The molecule has 1 fully saturated rings. The highest BCUT2D eigenvalue weighted by Crippen LogP contribution is 2.27. The van der Waals surface area contributed by atoms with Gasteiger partial charge in [-0.05, 0) is 23.3 Å². The van der Waals surface area contributed by atoms with Crippen molar-refractivity contribution in [3.05, 3.63) is 59.7 Å². The quantitative estimate of drug-likeness (QED) is 0.788. The average molecular weight is 356 g/mol. The molecule has 140 valence electrons. The van der Waals surface area contributed by atoms with E-state index in [1.54, 1.807) is 14.2 Å². The van der Waals surface area contributed by atoms with Crippen molar-refractivity contribution in [2.45, 2.75) is 12.6 Å². The van der Waals surface area contributed by atoms with Gasteiger partial charge in [0.25, 0.3) is 0 Å². The van der Waals surface area contributed by atoms with E-state index in [1.165, 1.54) is 11.1 Å². The summed E-state index contributed by atoms with van der Waals surface area (Å²) in [6, 6.07) is 17.1. The maximum atomic E-state index is 5.52. The van der Waals surface area contributed by atoms with E-state index in [9.17, 15) is 0 Å². The zero-order chi connectivity index (χ0) is 18.2. The molecule has 2 aromatic carbocycles. The molecule has 0 saturated carbocycles. The summed E-state index contributed by atoms with van der Waals surface area (Å²) < 4.78 is 16.2. The minimum Gasteiger partial charge on any atom is -0.493 e. The summed E-state index contributed by atoms with van der Waals surface area (Å²) in [6.45, 7) is 5.22. The smallest absolute Gasteiger partial charge is 0.161 e. The van der Waals surface area contributed by atoms with E-state index >= 15 is 0 Å². The molecular formula is C21H28N2O3. The van der Waals surface area contributed by atoms with Crippen molar-refractivity contribution in [3.63, 3.8) is 0 Å². The van der Waals surface area contributed by atoms with Crippen LogP contribution in [0.5, 0.6) is 11.5 Å². The third-order valence-corrected chi connectivity index (χ3v) is 4.79. The standard InChI is InChI=1S/C21H28N2O3/c1-24-20-9-8-17(14-21(20)25-2)15-22-16-19(18-6-4-3-5-7-18)23-10-12-26-13-11-23/h3-9,14,19,22H,10-13,15-16H2,1-2H3. The van der Waals surface area contributed by atoms with Gasteiger partial charge >= 0.3 is 0 Å². The van der Waals surface area contributed by atoms with Crippen molar-refractivity contribution in [1.29, 1.82) is 0 Å². The lowest BCUT2D eigenvalue weighted by atomic mass is 10.0. The summed E-state index contributed by atoms with van der Waals surface area (Å²) in [5.74, 6) is 1.52. The maximum absolute atomic E-state index is 5.52. The molecule has 0 aliphatic carbocycles. The number of nitrogens with zero attached hydrogens (tertiary/aromatic N) is 1. The first-order valence-corrected chi connectivity index (χ1v) is 9.10. The molecule has 5 heteroatoms. The molecule has 1 saturated heterocycles. The Kier molecular flexibility index (Phi) is 6.89. The lowest BCUT2D eigenvalue weighted by Gasteiger charge is -2.35. The second kappa shape index (κ2) is 9.57. The monoisotopic (exact) mass is 356 g/mol. The van der Waals surface area contributed by atoms with Crippen LogP contribution in [0.15, 0.2) is 48.5 Å². The number of ether oxygens (including phenoxy) is 3. The van der Waals surface area contributed by atoms with Crippen molar-refractivity contribution in [1.82, 2.24) is 10.2 Å². The van der Waals surface area contributed by atoms with Gasteiger partial charge in [-0.15, -0.1) is 0 Å². The highest BCUT2D eigenvalue weighted by molar-refractivity contribution is 5.42. The summed E-state index contributed by atoms with van der Waals surface area (Å²) in [4.78, 5) is 2.50. The molecule has 0 aromatic heterocycles. The van der Waals surface area contributed by atoms with Crippen LogP contribution in [0.25, 0.3) is 0 Å². The predicted octanol–water partition coefficient (Wildman–Crippen LogP) is 2.87. The van der Waals surface area contributed by atoms with Gasteiger partial charge in [-0.3, -0.25) is 4.90 Å². The van der Waals surface area contributed by atoms with Crippen LogP contribution in [0.4, 0.5) is 0 Å². The molecule has 1 aliphatic heterocycles. The SMILES string of the molecule is COc1ccc(CNCC(c2ccccc2)N2CCOCC2)cc1OC. The van der Waals surface area contributed by atoms with Crippen molar-refractivity contribution in [3.8, 4) is 11.5 Å². The van der Waals surface area contributed by atoms with Crippen LogP contribution < -0.4 is 14.8 Å². The largest absolute Gasteiger partial charge is 0.493 e. The van der Waals surface area contributed by atoms with Gasteiger partial charge in [0.15, 0.2) is 11.5 Å². The van der Waals surface area contributed by atoms with Gasteiger partial charge in [0, 0.05) is 32.2 Å². The van der Waals surface area contributed by atoms with Gasteiger partial charge in [-0.25, -0.2) is 0 Å². The Morgan fingerprint density at radius 1 is 1.00 bits per heavy atom. The number of hydrogen-bond donors (Lipinski definition) is 1. The Morgan fingerprint density at radius 3 is 2.42 bits per heavy atom. The fourth-order valence-electron chi connectivity index (χ4n) is 3.37. The molecule has 0 amide bonds. The Bertz CT molecular complexity index is 672. The molecule has 0 bridgehead atoms. The zero-order valence-corrected chi connectivity index (χ0v) is 15.6. The molecular weight excluding hydrogens is 328 g/mol. The lowest BCUT2D eigenvalue weighted by molar-refractivity contribution is 0.0161. The molecule has 0 radical (unpaired) electrons. The summed E-state index contributed by atoms with van der Waals surface area (Å²) in [7, 11) is 3.32. The molecule has 26 heavy (non-hydrogen) atoms. The van der Waals surface area contributed by atoms with Crippen LogP contribution >= 0.6 is 0 Å². The van der Waals surface area contributed by atoms with E-state index in [-0.39, 0.29) is 0 Å². The molecule has 1 heterocycles. The normalized spacial score (nSPS) is 16.2. The first kappa shape index (κ1) is 18.7. The van der Waals surface area contributed by atoms with Crippen molar-refractivity contribution in [2.24, 2.45) is 0 Å². The Morgan fingerprint density at radius 2 is 1.73 bits per heavy atom. The predicted molar refractivity (Wildman–Crippen MR) is 103 cm³/mol. The third-order valence-electron chi connectivity index (χ3n) is 4.79. The van der Waals surface area contributed by atoms with Crippen LogP contribution in [0.2, 0.25) is 0 Å². The number of hydrogen-bond acceptors (Lipinski definition) is 5. The first-order chi connectivity index (χ1) is 12.8. The van der Waals surface area contributed by atoms with E-state index in [0.29, 0.717) is 6.04 Å². The van der Waals surface area contributed by atoms with E-state index in [0.717, 1.165) is 50.9 Å². The fraction of sp³-hybridized carbons (Fsp3) is 0.429. The molecule has 1 N–H and O–H groups in total. The van der Waals surface area contributed by atoms with Crippen molar-refractivity contribution < 1.29 is 14.2 Å². The number of rotatable bonds is 8. The van der Waals surface area contributed by atoms with Gasteiger partial charge in [-0.2, -0.15) is 0 Å². The van der Waals surface area contributed by atoms with E-state index in [4.69, 9.17) is 14.2 Å². The van der Waals surface area contributed by atoms with Crippen LogP contribution in [0, 0.1) is 0 Å². The molecule has 1 aliphatic rings. The van der Waals surface area contributed by atoms with Crippen LogP contribution in [0.3, 0.4) is 0 Å². The van der Waals surface area contributed by atoms with Gasteiger partial charge < -0.3 is 19.5 Å². The van der Waals surface area contributed by atoms with E-state index < -0.39 is 0 Å². The second-order valence-electron chi connectivity index (χ2n) is 6.40. The van der Waals surface area contributed by atoms with Crippen LogP contribution in [-0.2, 0) is 11.3 Å². The zero-order valence-electron chi connectivity index (χ0n) is 15.6. The number of methoxy groups -OCH3 is 2. The van der Waals surface area contributed by atoms with Crippen molar-refractivity contribution in [2.75, 3.05) is 47.1 Å². The molecule has 1 atom stereocenters.